The monoisotopic (exact) mass is 592 g/mol. The Balaban J connectivity index is 1.42. The van der Waals surface area contributed by atoms with Crippen LogP contribution in [0.25, 0.3) is 61.3 Å². The molecule has 7 rings (SSSR count). The van der Waals surface area contributed by atoms with E-state index in [4.69, 9.17) is 8.53 Å². The fourth-order valence-electron chi connectivity index (χ4n) is 6.72. The summed E-state index contributed by atoms with van der Waals surface area (Å²) in [6, 6.07) is 32.7. The Bertz CT molecular complexity index is 2280. The van der Waals surface area contributed by atoms with Crippen LogP contribution in [-0.4, -0.2) is 4.57 Å². The van der Waals surface area contributed by atoms with Gasteiger partial charge in [0.2, 0.25) is 0 Å². The van der Waals surface area contributed by atoms with Gasteiger partial charge >= 0.3 is 0 Å². The molecule has 0 fully saturated rings. The van der Waals surface area contributed by atoms with Crippen LogP contribution in [0.15, 0.2) is 114 Å². The van der Waals surface area contributed by atoms with Gasteiger partial charge in [-0.1, -0.05) is 107 Å². The number of aryl methyl sites for hydroxylation is 3. The maximum absolute atomic E-state index is 8.17. The van der Waals surface area contributed by atoms with Gasteiger partial charge in [-0.3, -0.25) is 0 Å². The van der Waals surface area contributed by atoms with Crippen molar-refractivity contribution in [2.45, 2.75) is 53.3 Å². The van der Waals surface area contributed by atoms with E-state index in [2.05, 4.69) is 112 Å². The van der Waals surface area contributed by atoms with Gasteiger partial charge in [0, 0.05) is 26.0 Å². The van der Waals surface area contributed by atoms with Crippen LogP contribution in [0.2, 0.25) is 0 Å². The number of hydrogen-bond acceptors (Lipinski definition) is 1. The van der Waals surface area contributed by atoms with E-state index in [-0.39, 0.29) is 0 Å². The number of fused-ring (bicyclic) bond motifs is 3. The summed E-state index contributed by atoms with van der Waals surface area (Å²) in [6.45, 7) is 8.96. The van der Waals surface area contributed by atoms with Gasteiger partial charge < -0.3 is 4.42 Å². The molecule has 3 nitrogen and oxygen atoms in total. The Morgan fingerprint density at radius 2 is 1.38 bits per heavy atom. The predicted molar refractivity (Wildman–Crippen MR) is 188 cm³/mol. The third-order valence-electron chi connectivity index (χ3n) is 9.10. The molecule has 2 aromatic heterocycles. The number of benzene rings is 5. The number of rotatable bonds is 6. The van der Waals surface area contributed by atoms with Gasteiger partial charge in [0.15, 0.2) is 5.58 Å². The van der Waals surface area contributed by atoms with Crippen molar-refractivity contribution in [1.29, 1.82) is 0 Å². The van der Waals surface area contributed by atoms with Crippen molar-refractivity contribution >= 4 is 21.9 Å². The zero-order valence-corrected chi connectivity index (χ0v) is 26.8. The molecule has 7 aromatic rings. The first-order chi connectivity index (χ1) is 22.9. The van der Waals surface area contributed by atoms with Crippen LogP contribution >= 0.6 is 0 Å². The van der Waals surface area contributed by atoms with Crippen LogP contribution in [-0.2, 0) is 7.05 Å². The number of imidazole rings is 1. The quantitative estimate of drug-likeness (QED) is 0.176. The van der Waals surface area contributed by atoms with Gasteiger partial charge in [0.1, 0.15) is 29.2 Å². The van der Waals surface area contributed by atoms with E-state index >= 15 is 0 Å². The molecule has 5 aromatic carbocycles. The lowest BCUT2D eigenvalue weighted by atomic mass is 9.92. The number of hydrogen-bond donors (Lipinski definition) is 0. The van der Waals surface area contributed by atoms with Crippen molar-refractivity contribution in [2.75, 3.05) is 0 Å². The van der Waals surface area contributed by atoms with E-state index < -0.39 is 6.85 Å². The topological polar surface area (TPSA) is 21.9 Å². The summed E-state index contributed by atoms with van der Waals surface area (Å²) in [6.07, 6.45) is 4.30. The number of para-hydroxylation sites is 1. The summed E-state index contributed by atoms with van der Waals surface area (Å²) in [5.74, 6) is 1.79. The Kier molecular flexibility index (Phi) is 6.35. The van der Waals surface area contributed by atoms with E-state index in [0.717, 1.165) is 55.6 Å². The average molecular weight is 593 g/mol. The molecule has 0 amide bonds. The summed E-state index contributed by atoms with van der Waals surface area (Å²) in [7, 11) is 2.10. The smallest absolute Gasteiger partial charge is 0.297 e. The van der Waals surface area contributed by atoms with Gasteiger partial charge in [0.05, 0.1) is 7.05 Å². The molecule has 2 heterocycles. The molecular formula is C42H41N2O+. The van der Waals surface area contributed by atoms with Crippen molar-refractivity contribution in [1.82, 2.24) is 4.57 Å². The fourth-order valence-corrected chi connectivity index (χ4v) is 6.72. The second-order valence-electron chi connectivity index (χ2n) is 12.8. The van der Waals surface area contributed by atoms with Crippen LogP contribution in [0, 0.1) is 13.8 Å². The minimum absolute atomic E-state index is 0.345. The third kappa shape index (κ3) is 4.88. The van der Waals surface area contributed by atoms with E-state index in [1.54, 1.807) is 6.07 Å². The Morgan fingerprint density at radius 1 is 0.711 bits per heavy atom. The van der Waals surface area contributed by atoms with Gasteiger partial charge in [-0.05, 0) is 77.2 Å². The van der Waals surface area contributed by atoms with Crippen molar-refractivity contribution in [3.63, 3.8) is 0 Å². The molecule has 0 aliphatic rings. The first kappa shape index (κ1) is 25.4. The molecule has 0 aliphatic heterocycles. The summed E-state index contributed by atoms with van der Waals surface area (Å²) in [4.78, 5) is 0. The molecule has 45 heavy (non-hydrogen) atoms. The van der Waals surface area contributed by atoms with Crippen molar-refractivity contribution in [3.8, 4) is 39.3 Å². The van der Waals surface area contributed by atoms with E-state index in [0.29, 0.717) is 23.0 Å². The van der Waals surface area contributed by atoms with Gasteiger partial charge in [-0.25, -0.2) is 4.57 Å². The molecule has 0 bridgehead atoms. The molecule has 0 spiro atoms. The number of aromatic nitrogens is 2. The molecule has 224 valence electrons. The highest BCUT2D eigenvalue weighted by Gasteiger charge is 2.29. The molecule has 3 heteroatoms. The highest BCUT2D eigenvalue weighted by atomic mass is 16.3. The Labute approximate surface area is 270 Å². The maximum Gasteiger partial charge on any atom is 0.297 e. The van der Waals surface area contributed by atoms with Crippen LogP contribution in [0.3, 0.4) is 0 Å². The molecule has 0 radical (unpaired) electrons. The summed E-state index contributed by atoms with van der Waals surface area (Å²) >= 11 is 0. The second kappa shape index (κ2) is 11.2. The zero-order valence-electron chi connectivity index (χ0n) is 29.8. The molecule has 0 atom stereocenters. The lowest BCUT2D eigenvalue weighted by molar-refractivity contribution is -0.659. The van der Waals surface area contributed by atoms with E-state index in [9.17, 15) is 0 Å². The average Bonchev–Trinajstić information content (AvgIpc) is 3.63. The number of furan rings is 1. The highest BCUT2D eigenvalue weighted by Crippen LogP contribution is 2.41. The lowest BCUT2D eigenvalue weighted by Crippen LogP contribution is -2.29. The fraction of sp³-hybridized carbons (Fsp3) is 0.214. The standard InChI is InChI=1S/C42H41N2O/c1-26(2)33-14-11-15-34(27(3)4)40(33)44-23-22-43(7)42(44)39-29(6)17-20-36-35-21-19-32(25-38(35)45-41(36)39)31-18-16-28(5)37(24-31)30-12-9-8-10-13-30/h8-27H,1-7H3/q+1/i5D3. The van der Waals surface area contributed by atoms with Gasteiger partial charge in [0.25, 0.3) is 5.82 Å². The Hall–Kier alpha value is -4.89. The Morgan fingerprint density at radius 3 is 2.09 bits per heavy atom. The molecule has 0 saturated heterocycles. The summed E-state index contributed by atoms with van der Waals surface area (Å²) < 4.78 is 35.9. The number of nitrogens with zero attached hydrogens (tertiary/aromatic N) is 2. The van der Waals surface area contributed by atoms with Crippen LogP contribution in [0.5, 0.6) is 0 Å². The van der Waals surface area contributed by atoms with Crippen LogP contribution in [0.1, 0.15) is 65.9 Å². The minimum Gasteiger partial charge on any atom is -0.455 e. The summed E-state index contributed by atoms with van der Waals surface area (Å²) in [5.41, 5.74) is 11.6. The normalized spacial score (nSPS) is 13.1. The highest BCUT2D eigenvalue weighted by molar-refractivity contribution is 6.10. The molecule has 0 unspecified atom stereocenters. The van der Waals surface area contributed by atoms with Crippen LogP contribution < -0.4 is 4.57 Å². The van der Waals surface area contributed by atoms with Crippen molar-refractivity contribution in [3.05, 3.63) is 132 Å². The second-order valence-corrected chi connectivity index (χ2v) is 12.8. The first-order valence-corrected chi connectivity index (χ1v) is 15.8. The maximum atomic E-state index is 8.17. The van der Waals surface area contributed by atoms with E-state index in [1.165, 1.54) is 16.8 Å². The van der Waals surface area contributed by atoms with Crippen molar-refractivity contribution < 1.29 is 13.1 Å². The third-order valence-corrected chi connectivity index (χ3v) is 9.10. The molecule has 0 saturated carbocycles. The van der Waals surface area contributed by atoms with Gasteiger partial charge in [-0.2, -0.15) is 4.57 Å². The van der Waals surface area contributed by atoms with E-state index in [1.807, 2.05) is 42.5 Å². The first-order valence-electron chi connectivity index (χ1n) is 17.3. The predicted octanol–water partition coefficient (Wildman–Crippen LogP) is 11.1. The van der Waals surface area contributed by atoms with Crippen LogP contribution in [0.4, 0.5) is 0 Å². The lowest BCUT2D eigenvalue weighted by Gasteiger charge is -2.18. The molecule has 0 aliphatic carbocycles. The zero-order chi connectivity index (χ0) is 33.9. The molecular weight excluding hydrogens is 548 g/mol. The minimum atomic E-state index is -2.22. The largest absolute Gasteiger partial charge is 0.455 e. The summed E-state index contributed by atoms with van der Waals surface area (Å²) in [5, 5.41) is 2.11. The van der Waals surface area contributed by atoms with Gasteiger partial charge in [-0.15, -0.1) is 0 Å². The SMILES string of the molecule is [2H]C([2H])([2H])c1ccc(-c2ccc3c(c2)oc2c(-c4n(-c5c(C(C)C)cccc5C(C)C)cc[n+]4C)c(C)ccc23)cc1-c1ccccc1. The van der Waals surface area contributed by atoms with Crippen molar-refractivity contribution in [2.24, 2.45) is 7.05 Å². The molecule has 0 N–H and O–H groups in total.